The van der Waals surface area contributed by atoms with Crippen molar-refractivity contribution in [3.63, 3.8) is 0 Å². The lowest BCUT2D eigenvalue weighted by Gasteiger charge is -2.40. The number of hydrogen-bond acceptors (Lipinski definition) is 2. The van der Waals surface area contributed by atoms with Crippen LogP contribution in [0, 0.1) is 17.8 Å². The van der Waals surface area contributed by atoms with E-state index in [2.05, 4.69) is 18.7 Å². The van der Waals surface area contributed by atoms with E-state index in [4.69, 9.17) is 5.73 Å². The first-order valence-corrected chi connectivity index (χ1v) is 8.62. The summed E-state index contributed by atoms with van der Waals surface area (Å²) in [5, 5.41) is 0. The molecule has 0 aromatic rings. The van der Waals surface area contributed by atoms with E-state index in [9.17, 15) is 4.79 Å². The van der Waals surface area contributed by atoms with Gasteiger partial charge in [0.25, 0.3) is 0 Å². The van der Waals surface area contributed by atoms with Gasteiger partial charge in [-0.3, -0.25) is 4.79 Å². The Morgan fingerprint density at radius 3 is 2.52 bits per heavy atom. The first-order chi connectivity index (χ1) is 9.61. The van der Waals surface area contributed by atoms with Crippen molar-refractivity contribution >= 4 is 18.3 Å². The number of nitrogens with two attached hydrogens (primary N) is 1. The third-order valence-electron chi connectivity index (χ3n) is 5.37. The average molecular weight is 317 g/mol. The predicted molar refractivity (Wildman–Crippen MR) is 90.6 cm³/mol. The smallest absolute Gasteiger partial charge is 0.225 e. The van der Waals surface area contributed by atoms with E-state index in [1.165, 1.54) is 32.1 Å². The first kappa shape index (κ1) is 18.8. The molecule has 0 aromatic carbocycles. The maximum Gasteiger partial charge on any atom is 0.225 e. The zero-order chi connectivity index (χ0) is 14.5. The third kappa shape index (κ3) is 5.14. The van der Waals surface area contributed by atoms with Crippen LogP contribution in [0.25, 0.3) is 0 Å². The highest BCUT2D eigenvalue weighted by molar-refractivity contribution is 5.85. The van der Waals surface area contributed by atoms with Gasteiger partial charge in [0.2, 0.25) is 5.91 Å². The molecule has 1 saturated heterocycles. The van der Waals surface area contributed by atoms with Gasteiger partial charge in [0.15, 0.2) is 0 Å². The van der Waals surface area contributed by atoms with Crippen molar-refractivity contribution < 1.29 is 4.79 Å². The Bertz CT molecular complexity index is 318. The Morgan fingerprint density at radius 2 is 1.90 bits per heavy atom. The monoisotopic (exact) mass is 316 g/mol. The molecule has 21 heavy (non-hydrogen) atoms. The van der Waals surface area contributed by atoms with Gasteiger partial charge in [-0.05, 0) is 31.1 Å². The van der Waals surface area contributed by atoms with Crippen LogP contribution in [0.1, 0.15) is 65.2 Å². The maximum absolute atomic E-state index is 12.7. The molecule has 2 N–H and O–H groups in total. The lowest BCUT2D eigenvalue weighted by molar-refractivity contribution is -0.139. The summed E-state index contributed by atoms with van der Waals surface area (Å²) in [5.74, 6) is 2.03. The quantitative estimate of drug-likeness (QED) is 0.861. The number of carbonyl (C=O) groups is 1. The zero-order valence-corrected chi connectivity index (χ0v) is 14.5. The SMILES string of the molecule is CC1CCN(C(=O)C(C)CC2CCCCC2)C(CN)C1.Cl. The van der Waals surface area contributed by atoms with E-state index in [1.807, 2.05) is 0 Å². The second-order valence-corrected chi connectivity index (χ2v) is 7.19. The fourth-order valence-corrected chi connectivity index (χ4v) is 4.07. The summed E-state index contributed by atoms with van der Waals surface area (Å²) in [5.41, 5.74) is 5.88. The van der Waals surface area contributed by atoms with Crippen LogP contribution in [0.2, 0.25) is 0 Å². The summed E-state index contributed by atoms with van der Waals surface area (Å²) in [7, 11) is 0. The minimum atomic E-state index is 0. The minimum absolute atomic E-state index is 0. The van der Waals surface area contributed by atoms with Crippen molar-refractivity contribution in [2.75, 3.05) is 13.1 Å². The van der Waals surface area contributed by atoms with Gasteiger partial charge in [0.1, 0.15) is 0 Å². The fourth-order valence-electron chi connectivity index (χ4n) is 4.07. The summed E-state index contributed by atoms with van der Waals surface area (Å²) in [4.78, 5) is 14.8. The van der Waals surface area contributed by atoms with E-state index in [1.54, 1.807) is 0 Å². The highest BCUT2D eigenvalue weighted by Crippen LogP contribution is 2.31. The zero-order valence-electron chi connectivity index (χ0n) is 13.7. The van der Waals surface area contributed by atoms with Gasteiger partial charge < -0.3 is 10.6 Å². The van der Waals surface area contributed by atoms with Gasteiger partial charge in [-0.2, -0.15) is 0 Å². The molecule has 1 amide bonds. The second-order valence-electron chi connectivity index (χ2n) is 7.19. The molecule has 1 aliphatic carbocycles. The number of piperidine rings is 1. The summed E-state index contributed by atoms with van der Waals surface area (Å²) in [6.45, 7) is 5.93. The van der Waals surface area contributed by atoms with Gasteiger partial charge in [-0.15, -0.1) is 12.4 Å². The molecule has 1 aliphatic heterocycles. The van der Waals surface area contributed by atoms with E-state index in [0.717, 1.165) is 31.7 Å². The molecular weight excluding hydrogens is 284 g/mol. The van der Waals surface area contributed by atoms with Gasteiger partial charge in [0.05, 0.1) is 0 Å². The molecular formula is C17H33ClN2O. The van der Waals surface area contributed by atoms with Crippen molar-refractivity contribution in [2.45, 2.75) is 71.3 Å². The number of hydrogen-bond donors (Lipinski definition) is 1. The summed E-state index contributed by atoms with van der Waals surface area (Å²) in [6, 6.07) is 0.278. The van der Waals surface area contributed by atoms with Crippen molar-refractivity contribution in [3.05, 3.63) is 0 Å². The lowest BCUT2D eigenvalue weighted by atomic mass is 9.82. The molecule has 0 radical (unpaired) electrons. The average Bonchev–Trinajstić information content (AvgIpc) is 2.47. The maximum atomic E-state index is 12.7. The Labute approximate surface area is 136 Å². The molecule has 0 aromatic heterocycles. The predicted octanol–water partition coefficient (Wildman–Crippen LogP) is 3.60. The van der Waals surface area contributed by atoms with Gasteiger partial charge in [-0.1, -0.05) is 46.0 Å². The van der Waals surface area contributed by atoms with Crippen molar-refractivity contribution in [1.29, 1.82) is 0 Å². The molecule has 3 atom stereocenters. The molecule has 4 heteroatoms. The Balaban J connectivity index is 0.00000220. The Hall–Kier alpha value is -0.280. The first-order valence-electron chi connectivity index (χ1n) is 8.62. The van der Waals surface area contributed by atoms with Crippen molar-refractivity contribution in [2.24, 2.45) is 23.5 Å². The summed E-state index contributed by atoms with van der Waals surface area (Å²) in [6.07, 6.45) is 10.1. The Morgan fingerprint density at radius 1 is 1.24 bits per heavy atom. The Kier molecular flexibility index (Phi) is 8.04. The van der Waals surface area contributed by atoms with Crippen LogP contribution >= 0.6 is 12.4 Å². The van der Waals surface area contributed by atoms with Crippen LogP contribution in [0.3, 0.4) is 0 Å². The number of nitrogens with zero attached hydrogens (tertiary/aromatic N) is 1. The van der Waals surface area contributed by atoms with E-state index in [0.29, 0.717) is 18.4 Å². The summed E-state index contributed by atoms with van der Waals surface area (Å²) < 4.78 is 0. The van der Waals surface area contributed by atoms with Gasteiger partial charge in [0, 0.05) is 25.0 Å². The van der Waals surface area contributed by atoms with Crippen LogP contribution in [0.4, 0.5) is 0 Å². The molecule has 124 valence electrons. The molecule has 3 unspecified atom stereocenters. The highest BCUT2D eigenvalue weighted by Gasteiger charge is 2.32. The van der Waals surface area contributed by atoms with Crippen LogP contribution in [0.5, 0.6) is 0 Å². The largest absolute Gasteiger partial charge is 0.338 e. The topological polar surface area (TPSA) is 46.3 Å². The van der Waals surface area contributed by atoms with E-state index >= 15 is 0 Å². The molecule has 0 spiro atoms. The molecule has 1 heterocycles. The number of carbonyl (C=O) groups excluding carboxylic acids is 1. The lowest BCUT2D eigenvalue weighted by Crippen LogP contribution is -2.51. The number of likely N-dealkylation sites (tertiary alicyclic amines) is 1. The molecule has 2 rings (SSSR count). The van der Waals surface area contributed by atoms with Crippen molar-refractivity contribution in [3.8, 4) is 0 Å². The number of amides is 1. The van der Waals surface area contributed by atoms with Crippen LogP contribution < -0.4 is 5.73 Å². The third-order valence-corrected chi connectivity index (χ3v) is 5.37. The fraction of sp³-hybridized carbons (Fsp3) is 0.941. The van der Waals surface area contributed by atoms with E-state index in [-0.39, 0.29) is 24.4 Å². The normalized spacial score (nSPS) is 28.8. The van der Waals surface area contributed by atoms with Crippen LogP contribution in [0.15, 0.2) is 0 Å². The molecule has 3 nitrogen and oxygen atoms in total. The number of halogens is 1. The van der Waals surface area contributed by atoms with E-state index < -0.39 is 0 Å². The number of rotatable bonds is 4. The second kappa shape index (κ2) is 8.99. The highest BCUT2D eigenvalue weighted by atomic mass is 35.5. The van der Waals surface area contributed by atoms with Crippen LogP contribution in [-0.4, -0.2) is 29.9 Å². The van der Waals surface area contributed by atoms with Gasteiger partial charge in [-0.25, -0.2) is 0 Å². The molecule has 1 saturated carbocycles. The molecule has 0 bridgehead atoms. The minimum Gasteiger partial charge on any atom is -0.338 e. The summed E-state index contributed by atoms with van der Waals surface area (Å²) >= 11 is 0. The van der Waals surface area contributed by atoms with Gasteiger partial charge >= 0.3 is 0 Å². The molecule has 2 aliphatic rings. The van der Waals surface area contributed by atoms with Crippen molar-refractivity contribution in [1.82, 2.24) is 4.90 Å². The standard InChI is InChI=1S/C17H32N2O.ClH/c1-13-8-9-19(16(10-13)12-18)17(20)14(2)11-15-6-4-3-5-7-15;/h13-16H,3-12,18H2,1-2H3;1H. The molecule has 2 fully saturated rings. The van der Waals surface area contributed by atoms with Crippen LogP contribution in [-0.2, 0) is 4.79 Å².